The first-order valence-corrected chi connectivity index (χ1v) is 4.25. The van der Waals surface area contributed by atoms with Crippen molar-refractivity contribution in [2.24, 2.45) is 0 Å². The predicted molar refractivity (Wildman–Crippen MR) is 52.3 cm³/mol. The second-order valence-electron chi connectivity index (χ2n) is 2.80. The van der Waals surface area contributed by atoms with Gasteiger partial charge >= 0.3 is 17.9 Å². The molecule has 0 atom stereocenters. The fourth-order valence-electron chi connectivity index (χ4n) is 1.06. The summed E-state index contributed by atoms with van der Waals surface area (Å²) in [6.45, 7) is 0. The molecule has 0 saturated heterocycles. The fourth-order valence-corrected chi connectivity index (χ4v) is 1.33. The highest BCUT2D eigenvalue weighted by atomic mass is 35.5. The summed E-state index contributed by atoms with van der Waals surface area (Å²) in [4.78, 5) is 32.0. The molecule has 0 saturated carbocycles. The first-order chi connectivity index (χ1) is 7.34. The second-order valence-corrected chi connectivity index (χ2v) is 3.18. The van der Waals surface area contributed by atoms with Crippen molar-refractivity contribution < 1.29 is 29.7 Å². The zero-order valence-corrected chi connectivity index (χ0v) is 8.35. The summed E-state index contributed by atoms with van der Waals surface area (Å²) in [6, 6.07) is 1.61. The van der Waals surface area contributed by atoms with Gasteiger partial charge in [0.2, 0.25) is 0 Å². The molecular weight excluding hydrogens is 240 g/mol. The molecule has 3 N–H and O–H groups in total. The van der Waals surface area contributed by atoms with Crippen molar-refractivity contribution in [1.29, 1.82) is 0 Å². The van der Waals surface area contributed by atoms with Crippen LogP contribution >= 0.6 is 11.6 Å². The number of benzene rings is 1. The van der Waals surface area contributed by atoms with E-state index in [0.29, 0.717) is 0 Å². The van der Waals surface area contributed by atoms with Crippen molar-refractivity contribution >= 4 is 29.5 Å². The second kappa shape index (κ2) is 4.19. The van der Waals surface area contributed by atoms with Crippen molar-refractivity contribution in [2.45, 2.75) is 0 Å². The molecule has 0 aliphatic carbocycles. The van der Waals surface area contributed by atoms with Crippen molar-refractivity contribution in [2.75, 3.05) is 0 Å². The maximum Gasteiger partial charge on any atom is 0.337 e. The summed E-state index contributed by atoms with van der Waals surface area (Å²) in [7, 11) is 0. The van der Waals surface area contributed by atoms with Gasteiger partial charge in [-0.1, -0.05) is 11.6 Å². The Morgan fingerprint density at radius 1 is 0.875 bits per heavy atom. The van der Waals surface area contributed by atoms with Crippen LogP contribution in [-0.2, 0) is 0 Å². The minimum absolute atomic E-state index is 0.445. The molecule has 0 spiro atoms. The van der Waals surface area contributed by atoms with Crippen molar-refractivity contribution in [3.63, 3.8) is 0 Å². The van der Waals surface area contributed by atoms with Gasteiger partial charge in [0.15, 0.2) is 0 Å². The van der Waals surface area contributed by atoms with Crippen LogP contribution in [0.15, 0.2) is 12.1 Å². The molecule has 0 unspecified atom stereocenters. The highest BCUT2D eigenvalue weighted by Gasteiger charge is 2.20. The molecule has 0 heterocycles. The molecule has 0 radical (unpaired) electrons. The molecule has 1 aromatic carbocycles. The standard InChI is InChI=1S/C9H5ClO6/c10-6-4(8(13)14)1-3(7(11)12)2-5(6)9(15)16/h1-2H,(H,11,12)(H,13,14)(H,15,16). The van der Waals surface area contributed by atoms with E-state index in [2.05, 4.69) is 0 Å². The van der Waals surface area contributed by atoms with Gasteiger partial charge in [-0.25, -0.2) is 14.4 Å². The van der Waals surface area contributed by atoms with E-state index >= 15 is 0 Å². The zero-order valence-electron chi connectivity index (χ0n) is 7.60. The highest BCUT2D eigenvalue weighted by molar-refractivity contribution is 6.36. The Bertz CT molecular complexity index is 458. The highest BCUT2D eigenvalue weighted by Crippen LogP contribution is 2.23. The molecule has 0 aliphatic rings. The first-order valence-electron chi connectivity index (χ1n) is 3.88. The van der Waals surface area contributed by atoms with Gasteiger partial charge in [0, 0.05) is 0 Å². The maximum absolute atomic E-state index is 10.7. The first kappa shape index (κ1) is 12.0. The van der Waals surface area contributed by atoms with Crippen LogP contribution in [0.1, 0.15) is 31.1 Å². The third-order valence-electron chi connectivity index (χ3n) is 1.78. The SMILES string of the molecule is O=C(O)c1cc(C(=O)O)c(Cl)c(C(=O)O)c1. The quantitative estimate of drug-likeness (QED) is 0.742. The number of carboxylic acid groups (broad SMARTS) is 3. The van der Waals surface area contributed by atoms with E-state index in [-0.39, 0.29) is 0 Å². The van der Waals surface area contributed by atoms with Crippen LogP contribution in [0.25, 0.3) is 0 Å². The normalized spacial score (nSPS) is 9.81. The molecule has 16 heavy (non-hydrogen) atoms. The van der Waals surface area contributed by atoms with E-state index in [1.165, 1.54) is 0 Å². The molecule has 0 aromatic heterocycles. The van der Waals surface area contributed by atoms with Gasteiger partial charge < -0.3 is 15.3 Å². The number of hydrogen-bond donors (Lipinski definition) is 3. The lowest BCUT2D eigenvalue weighted by atomic mass is 10.1. The van der Waals surface area contributed by atoms with Crippen molar-refractivity contribution in [3.05, 3.63) is 33.8 Å². The van der Waals surface area contributed by atoms with E-state index in [9.17, 15) is 14.4 Å². The van der Waals surface area contributed by atoms with Crippen LogP contribution < -0.4 is 0 Å². The van der Waals surface area contributed by atoms with Crippen LogP contribution in [0, 0.1) is 0 Å². The van der Waals surface area contributed by atoms with Gasteiger partial charge in [-0.15, -0.1) is 0 Å². The van der Waals surface area contributed by atoms with E-state index in [1.807, 2.05) is 0 Å². The van der Waals surface area contributed by atoms with Crippen molar-refractivity contribution in [1.82, 2.24) is 0 Å². The average Bonchev–Trinajstić information content (AvgIpc) is 2.16. The van der Waals surface area contributed by atoms with Gasteiger partial charge in [-0.05, 0) is 12.1 Å². The Balaban J connectivity index is 3.57. The topological polar surface area (TPSA) is 112 Å². The number of carboxylic acids is 3. The van der Waals surface area contributed by atoms with Gasteiger partial charge in [0.25, 0.3) is 0 Å². The number of halogens is 1. The summed E-state index contributed by atoms with van der Waals surface area (Å²) in [6.07, 6.45) is 0. The molecule has 0 fully saturated rings. The Labute approximate surface area is 93.7 Å². The molecule has 1 aromatic rings. The van der Waals surface area contributed by atoms with Gasteiger partial charge in [-0.2, -0.15) is 0 Å². The molecular formula is C9H5ClO6. The van der Waals surface area contributed by atoms with Crippen LogP contribution in [0.2, 0.25) is 5.02 Å². The lowest BCUT2D eigenvalue weighted by Crippen LogP contribution is -2.08. The Hall–Kier alpha value is -2.08. The van der Waals surface area contributed by atoms with E-state index in [0.717, 1.165) is 12.1 Å². The molecule has 0 amide bonds. The summed E-state index contributed by atoms with van der Waals surface area (Å²) < 4.78 is 0. The molecule has 0 bridgehead atoms. The molecule has 7 heteroatoms. The minimum Gasteiger partial charge on any atom is -0.478 e. The fraction of sp³-hybridized carbons (Fsp3) is 0. The lowest BCUT2D eigenvalue weighted by molar-refractivity contribution is 0.0696. The maximum atomic E-state index is 10.7. The van der Waals surface area contributed by atoms with E-state index in [1.54, 1.807) is 0 Å². The van der Waals surface area contributed by atoms with E-state index in [4.69, 9.17) is 26.9 Å². The molecule has 84 valence electrons. The van der Waals surface area contributed by atoms with E-state index < -0.39 is 39.6 Å². The number of hydrogen-bond acceptors (Lipinski definition) is 3. The third-order valence-corrected chi connectivity index (χ3v) is 2.19. The van der Waals surface area contributed by atoms with Crippen molar-refractivity contribution in [3.8, 4) is 0 Å². The van der Waals surface area contributed by atoms with Crippen LogP contribution in [-0.4, -0.2) is 33.2 Å². The number of carbonyl (C=O) groups is 3. The number of aromatic carboxylic acids is 3. The summed E-state index contributed by atoms with van der Waals surface area (Å²) >= 11 is 5.52. The predicted octanol–water partition coefficient (Wildman–Crippen LogP) is 1.43. The number of rotatable bonds is 3. The van der Waals surface area contributed by atoms with Crippen LogP contribution in [0.4, 0.5) is 0 Å². The zero-order chi connectivity index (χ0) is 12.5. The summed E-state index contributed by atoms with van der Waals surface area (Å²) in [5.74, 6) is -4.41. The molecule has 0 aliphatic heterocycles. The third kappa shape index (κ3) is 2.12. The summed E-state index contributed by atoms with van der Waals surface area (Å²) in [5, 5.41) is 25.6. The Morgan fingerprint density at radius 2 is 1.25 bits per heavy atom. The van der Waals surface area contributed by atoms with Gasteiger partial charge in [0.05, 0.1) is 21.7 Å². The largest absolute Gasteiger partial charge is 0.478 e. The van der Waals surface area contributed by atoms with Crippen LogP contribution in [0.3, 0.4) is 0 Å². The Kier molecular flexibility index (Phi) is 3.14. The lowest BCUT2D eigenvalue weighted by Gasteiger charge is -2.05. The molecule has 1 rings (SSSR count). The monoisotopic (exact) mass is 244 g/mol. The Morgan fingerprint density at radius 3 is 1.50 bits per heavy atom. The molecule has 6 nitrogen and oxygen atoms in total. The van der Waals surface area contributed by atoms with Gasteiger partial charge in [-0.3, -0.25) is 0 Å². The minimum atomic E-state index is -1.49. The van der Waals surface area contributed by atoms with Crippen LogP contribution in [0.5, 0.6) is 0 Å². The summed E-state index contributed by atoms with van der Waals surface area (Å²) in [5.41, 5.74) is -1.56. The van der Waals surface area contributed by atoms with Gasteiger partial charge in [0.1, 0.15) is 0 Å². The average molecular weight is 245 g/mol. The smallest absolute Gasteiger partial charge is 0.337 e.